The Labute approximate surface area is 206 Å². The molecule has 0 saturated carbocycles. The van der Waals surface area contributed by atoms with Gasteiger partial charge in [0.05, 0.1) is 11.6 Å². The number of benzene rings is 3. The third-order valence-electron chi connectivity index (χ3n) is 5.85. The summed E-state index contributed by atoms with van der Waals surface area (Å²) in [6.45, 7) is 2.18. The number of nitrogens with one attached hydrogen (secondary N) is 1. The lowest BCUT2D eigenvalue weighted by Gasteiger charge is -2.38. The fraction of sp³-hybridized carbons (Fsp3) is 0.200. The molecule has 1 heterocycles. The van der Waals surface area contributed by atoms with Crippen LogP contribution in [-0.2, 0) is 6.54 Å². The maximum Gasteiger partial charge on any atom is 0.324 e. The van der Waals surface area contributed by atoms with Crippen LogP contribution in [0.25, 0.3) is 0 Å². The van der Waals surface area contributed by atoms with Crippen molar-refractivity contribution in [2.75, 3.05) is 36.0 Å². The zero-order chi connectivity index (χ0) is 24.9. The van der Waals surface area contributed by atoms with Gasteiger partial charge >= 0.3 is 6.03 Å². The lowest BCUT2D eigenvalue weighted by atomic mass is 10.1. The first kappa shape index (κ1) is 24.4. The number of carbonyl (C=O) groups is 2. The summed E-state index contributed by atoms with van der Waals surface area (Å²) in [6, 6.07) is 16.4. The number of carbonyl (C=O) groups excluding carboxylic acids is 2. The molecule has 0 unspecified atom stereocenters. The molecule has 35 heavy (non-hydrogen) atoms. The van der Waals surface area contributed by atoms with Crippen LogP contribution in [0.2, 0.25) is 5.02 Å². The van der Waals surface area contributed by atoms with Crippen LogP contribution in [0.1, 0.15) is 15.9 Å². The molecule has 2 N–H and O–H groups in total. The molecule has 0 radical (unpaired) electrons. The van der Waals surface area contributed by atoms with Gasteiger partial charge in [0.15, 0.2) is 0 Å². The normalized spacial score (nSPS) is 13.5. The van der Waals surface area contributed by atoms with Gasteiger partial charge in [0, 0.05) is 43.1 Å². The first-order chi connectivity index (χ1) is 16.9. The first-order valence-electron chi connectivity index (χ1n) is 10.9. The highest BCUT2D eigenvalue weighted by Crippen LogP contribution is 2.26. The number of anilines is 2. The smallest absolute Gasteiger partial charge is 0.324 e. The van der Waals surface area contributed by atoms with Crippen molar-refractivity contribution in [3.8, 4) is 0 Å². The zero-order valence-electron chi connectivity index (χ0n) is 18.6. The molecular formula is C25H23ClF2N4O3. The fourth-order valence-corrected chi connectivity index (χ4v) is 4.08. The molecule has 1 aliphatic rings. The number of nitrogens with zero attached hydrogens (tertiary/aromatic N) is 3. The Morgan fingerprint density at radius 1 is 0.943 bits per heavy atom. The van der Waals surface area contributed by atoms with E-state index in [-0.39, 0.29) is 29.0 Å². The highest BCUT2D eigenvalue weighted by atomic mass is 35.5. The second-order valence-electron chi connectivity index (χ2n) is 8.06. The van der Waals surface area contributed by atoms with Crippen molar-refractivity contribution in [1.29, 1.82) is 0 Å². The summed E-state index contributed by atoms with van der Waals surface area (Å²) in [6.07, 6.45) is 0. The molecule has 7 nitrogen and oxygen atoms in total. The number of hydroxylamine groups is 1. The van der Waals surface area contributed by atoms with Gasteiger partial charge in [-0.25, -0.2) is 19.1 Å². The van der Waals surface area contributed by atoms with Crippen LogP contribution in [0.5, 0.6) is 0 Å². The van der Waals surface area contributed by atoms with Crippen molar-refractivity contribution in [2.45, 2.75) is 6.54 Å². The third-order valence-corrected chi connectivity index (χ3v) is 6.14. The lowest BCUT2D eigenvalue weighted by molar-refractivity contribution is 0.0706. The minimum Gasteiger partial charge on any atom is -0.368 e. The predicted octanol–water partition coefficient (Wildman–Crippen LogP) is 4.69. The Bertz CT molecular complexity index is 1200. The van der Waals surface area contributed by atoms with E-state index in [0.29, 0.717) is 31.9 Å². The number of hydrogen-bond acceptors (Lipinski definition) is 4. The van der Waals surface area contributed by atoms with Crippen LogP contribution >= 0.6 is 11.6 Å². The summed E-state index contributed by atoms with van der Waals surface area (Å²) in [5.74, 6) is -1.54. The molecular weight excluding hydrogens is 478 g/mol. The SMILES string of the molecule is O=C(NO)c1ccc(CN(C(=O)N2CCN(c3ccc(F)cc3)CC2)c2ccc(F)c(Cl)c2)cc1. The van der Waals surface area contributed by atoms with E-state index < -0.39 is 11.7 Å². The van der Waals surface area contributed by atoms with E-state index in [4.69, 9.17) is 16.8 Å². The molecule has 0 atom stereocenters. The number of amides is 3. The van der Waals surface area contributed by atoms with Crippen LogP contribution in [0, 0.1) is 11.6 Å². The van der Waals surface area contributed by atoms with Gasteiger partial charge in [-0.3, -0.25) is 14.9 Å². The van der Waals surface area contributed by atoms with Crippen molar-refractivity contribution in [2.24, 2.45) is 0 Å². The van der Waals surface area contributed by atoms with Crippen molar-refractivity contribution in [3.63, 3.8) is 0 Å². The number of halogens is 3. The largest absolute Gasteiger partial charge is 0.368 e. The summed E-state index contributed by atoms with van der Waals surface area (Å²) in [4.78, 5) is 30.4. The van der Waals surface area contributed by atoms with Crippen LogP contribution in [0.4, 0.5) is 25.0 Å². The molecule has 0 aromatic heterocycles. The van der Waals surface area contributed by atoms with Crippen molar-refractivity contribution in [1.82, 2.24) is 10.4 Å². The maximum absolute atomic E-state index is 13.8. The monoisotopic (exact) mass is 500 g/mol. The third kappa shape index (κ3) is 5.70. The maximum atomic E-state index is 13.8. The highest BCUT2D eigenvalue weighted by molar-refractivity contribution is 6.31. The van der Waals surface area contributed by atoms with Crippen LogP contribution in [0.15, 0.2) is 66.7 Å². The fourth-order valence-electron chi connectivity index (χ4n) is 3.91. The topological polar surface area (TPSA) is 76.1 Å². The van der Waals surface area contributed by atoms with Gasteiger partial charge in [-0.1, -0.05) is 23.7 Å². The molecule has 1 saturated heterocycles. The molecule has 0 bridgehead atoms. The number of hydrogen-bond donors (Lipinski definition) is 2. The Kier molecular flexibility index (Phi) is 7.48. The average Bonchev–Trinajstić information content (AvgIpc) is 2.89. The second-order valence-corrected chi connectivity index (χ2v) is 8.46. The van der Waals surface area contributed by atoms with E-state index in [0.717, 1.165) is 11.3 Å². The Morgan fingerprint density at radius 2 is 1.60 bits per heavy atom. The number of rotatable bonds is 5. The van der Waals surface area contributed by atoms with Crippen LogP contribution in [0.3, 0.4) is 0 Å². The van der Waals surface area contributed by atoms with Crippen molar-refractivity contribution >= 4 is 34.9 Å². The number of urea groups is 1. The summed E-state index contributed by atoms with van der Waals surface area (Å²) < 4.78 is 27.0. The molecule has 0 spiro atoms. The minimum absolute atomic E-state index is 0.101. The summed E-state index contributed by atoms with van der Waals surface area (Å²) in [7, 11) is 0. The molecule has 10 heteroatoms. The molecule has 3 aromatic carbocycles. The van der Waals surface area contributed by atoms with Gasteiger partial charge in [-0.2, -0.15) is 0 Å². The van der Waals surface area contributed by atoms with E-state index in [1.54, 1.807) is 34.6 Å². The quantitative estimate of drug-likeness (QED) is 0.394. The Hall–Kier alpha value is -3.69. The predicted molar refractivity (Wildman–Crippen MR) is 129 cm³/mol. The van der Waals surface area contributed by atoms with Gasteiger partial charge in [0.1, 0.15) is 11.6 Å². The van der Waals surface area contributed by atoms with E-state index in [1.807, 2.05) is 0 Å². The molecule has 0 aliphatic carbocycles. The van der Waals surface area contributed by atoms with Gasteiger partial charge in [-0.15, -0.1) is 0 Å². The molecule has 3 amide bonds. The van der Waals surface area contributed by atoms with Crippen molar-refractivity contribution < 1.29 is 23.6 Å². The molecule has 1 fully saturated rings. The molecule has 3 aromatic rings. The van der Waals surface area contributed by atoms with Gasteiger partial charge < -0.3 is 9.80 Å². The molecule has 4 rings (SSSR count). The molecule has 182 valence electrons. The van der Waals surface area contributed by atoms with E-state index in [2.05, 4.69) is 4.90 Å². The first-order valence-corrected chi connectivity index (χ1v) is 11.3. The highest BCUT2D eigenvalue weighted by Gasteiger charge is 2.27. The van der Waals surface area contributed by atoms with E-state index >= 15 is 0 Å². The average molecular weight is 501 g/mol. The zero-order valence-corrected chi connectivity index (χ0v) is 19.4. The van der Waals surface area contributed by atoms with E-state index in [9.17, 15) is 18.4 Å². The Morgan fingerprint density at radius 3 is 2.20 bits per heavy atom. The van der Waals surface area contributed by atoms with E-state index in [1.165, 1.54) is 47.4 Å². The standard InChI is InChI=1S/C25H23ClF2N4O3/c26-22-15-21(9-10-23(22)28)32(16-17-1-3-18(4-2-17)24(33)29-35)25(34)31-13-11-30(12-14-31)20-7-5-19(27)6-8-20/h1-10,15,35H,11-14,16H2,(H,29,33). The van der Waals surface area contributed by atoms with Crippen LogP contribution in [-0.4, -0.2) is 48.2 Å². The molecule has 1 aliphatic heterocycles. The minimum atomic E-state index is -0.645. The Balaban J connectivity index is 1.52. The van der Waals surface area contributed by atoms with Gasteiger partial charge in [0.2, 0.25) is 0 Å². The van der Waals surface area contributed by atoms with Gasteiger partial charge in [0.25, 0.3) is 5.91 Å². The number of piperazine rings is 1. The van der Waals surface area contributed by atoms with Crippen molar-refractivity contribution in [3.05, 3.63) is 94.5 Å². The van der Waals surface area contributed by atoms with Crippen LogP contribution < -0.4 is 15.3 Å². The summed E-state index contributed by atoms with van der Waals surface area (Å²) in [5.41, 5.74) is 3.87. The second kappa shape index (κ2) is 10.7. The summed E-state index contributed by atoms with van der Waals surface area (Å²) in [5, 5.41) is 8.70. The lowest BCUT2D eigenvalue weighted by Crippen LogP contribution is -2.53. The van der Waals surface area contributed by atoms with Gasteiger partial charge in [-0.05, 0) is 60.2 Å². The summed E-state index contributed by atoms with van der Waals surface area (Å²) >= 11 is 5.99.